The van der Waals surface area contributed by atoms with Gasteiger partial charge in [-0.2, -0.15) is 0 Å². The SMILES string of the molecule is O=C(NCc1ccno1)c1ccc(-c2ccccc2)nc1NCCc1ccccn1. The molecule has 30 heavy (non-hydrogen) atoms. The van der Waals surface area contributed by atoms with E-state index >= 15 is 0 Å². The Labute approximate surface area is 174 Å². The maximum absolute atomic E-state index is 12.8. The van der Waals surface area contributed by atoms with Crippen LogP contribution in [0.5, 0.6) is 0 Å². The molecular weight excluding hydrogens is 378 g/mol. The molecule has 0 atom stereocenters. The van der Waals surface area contributed by atoms with Gasteiger partial charge < -0.3 is 15.2 Å². The second kappa shape index (κ2) is 9.47. The first-order chi connectivity index (χ1) is 14.8. The Hall–Kier alpha value is -4.00. The van der Waals surface area contributed by atoms with E-state index in [1.807, 2.05) is 54.6 Å². The van der Waals surface area contributed by atoms with Gasteiger partial charge in [0.25, 0.3) is 5.91 Å². The van der Waals surface area contributed by atoms with Crippen LogP contribution in [-0.4, -0.2) is 27.6 Å². The standard InChI is InChI=1S/C23H21N5O2/c29-23(26-16-19-12-15-27-30-19)20-9-10-21(17-6-2-1-3-7-17)28-22(20)25-14-11-18-8-4-5-13-24-18/h1-10,12-13,15H,11,14,16H2,(H,25,28)(H,26,29). The van der Waals surface area contributed by atoms with Gasteiger partial charge in [0.2, 0.25) is 0 Å². The quantitative estimate of drug-likeness (QED) is 0.469. The number of amides is 1. The van der Waals surface area contributed by atoms with Crippen molar-refractivity contribution in [2.24, 2.45) is 0 Å². The largest absolute Gasteiger partial charge is 0.369 e. The number of nitrogens with one attached hydrogen (secondary N) is 2. The van der Waals surface area contributed by atoms with Gasteiger partial charge in [-0.1, -0.05) is 41.6 Å². The summed E-state index contributed by atoms with van der Waals surface area (Å²) in [6, 6.07) is 21.0. The monoisotopic (exact) mass is 399 g/mol. The van der Waals surface area contributed by atoms with Crippen LogP contribution in [0.15, 0.2) is 83.6 Å². The van der Waals surface area contributed by atoms with Gasteiger partial charge in [-0.05, 0) is 24.3 Å². The highest BCUT2D eigenvalue weighted by atomic mass is 16.5. The number of benzene rings is 1. The number of rotatable bonds is 8. The molecule has 0 unspecified atom stereocenters. The van der Waals surface area contributed by atoms with E-state index in [1.165, 1.54) is 0 Å². The number of carbonyl (C=O) groups is 1. The lowest BCUT2D eigenvalue weighted by atomic mass is 10.1. The Morgan fingerprint density at radius 1 is 0.933 bits per heavy atom. The third-order valence-electron chi connectivity index (χ3n) is 4.52. The lowest BCUT2D eigenvalue weighted by molar-refractivity contribution is 0.0947. The average molecular weight is 399 g/mol. The van der Waals surface area contributed by atoms with E-state index in [4.69, 9.17) is 9.51 Å². The van der Waals surface area contributed by atoms with E-state index in [9.17, 15) is 4.79 Å². The molecule has 150 valence electrons. The summed E-state index contributed by atoms with van der Waals surface area (Å²) in [5, 5.41) is 9.79. The molecule has 0 aliphatic heterocycles. The highest BCUT2D eigenvalue weighted by molar-refractivity contribution is 5.99. The normalized spacial score (nSPS) is 10.5. The third kappa shape index (κ3) is 4.88. The van der Waals surface area contributed by atoms with Crippen LogP contribution in [0.2, 0.25) is 0 Å². The lowest BCUT2D eigenvalue weighted by Crippen LogP contribution is -2.24. The van der Waals surface area contributed by atoms with Crippen molar-refractivity contribution in [2.45, 2.75) is 13.0 Å². The van der Waals surface area contributed by atoms with Crippen molar-refractivity contribution in [1.82, 2.24) is 20.4 Å². The van der Waals surface area contributed by atoms with Crippen molar-refractivity contribution in [3.05, 3.63) is 96.1 Å². The van der Waals surface area contributed by atoms with Crippen LogP contribution in [0.25, 0.3) is 11.3 Å². The minimum absolute atomic E-state index is 0.237. The number of aromatic nitrogens is 3. The third-order valence-corrected chi connectivity index (χ3v) is 4.52. The van der Waals surface area contributed by atoms with Gasteiger partial charge in [-0.3, -0.25) is 9.78 Å². The molecule has 0 spiro atoms. The summed E-state index contributed by atoms with van der Waals surface area (Å²) >= 11 is 0. The maximum Gasteiger partial charge on any atom is 0.255 e. The van der Waals surface area contributed by atoms with Gasteiger partial charge in [-0.25, -0.2) is 4.98 Å². The zero-order chi connectivity index (χ0) is 20.6. The summed E-state index contributed by atoms with van der Waals surface area (Å²) in [5.41, 5.74) is 3.22. The Balaban J connectivity index is 1.53. The molecule has 0 aliphatic carbocycles. The number of anilines is 1. The second-order valence-electron chi connectivity index (χ2n) is 6.62. The van der Waals surface area contributed by atoms with E-state index in [2.05, 4.69) is 20.8 Å². The number of carbonyl (C=O) groups excluding carboxylic acids is 1. The van der Waals surface area contributed by atoms with E-state index in [0.29, 0.717) is 23.7 Å². The van der Waals surface area contributed by atoms with E-state index in [-0.39, 0.29) is 12.5 Å². The molecule has 0 aliphatic rings. The zero-order valence-corrected chi connectivity index (χ0v) is 16.3. The van der Waals surface area contributed by atoms with Crippen LogP contribution in [0.1, 0.15) is 21.8 Å². The summed E-state index contributed by atoms with van der Waals surface area (Å²) < 4.78 is 5.04. The van der Waals surface area contributed by atoms with Gasteiger partial charge >= 0.3 is 0 Å². The molecule has 0 bridgehead atoms. The summed E-state index contributed by atoms with van der Waals surface area (Å²) in [5.74, 6) is 0.878. The minimum Gasteiger partial charge on any atom is -0.369 e. The molecule has 7 heteroatoms. The molecule has 0 saturated carbocycles. The predicted molar refractivity (Wildman–Crippen MR) is 114 cm³/mol. The summed E-state index contributed by atoms with van der Waals surface area (Å²) in [6.07, 6.45) is 4.03. The maximum atomic E-state index is 12.8. The molecule has 0 fully saturated rings. The van der Waals surface area contributed by atoms with Crippen molar-refractivity contribution in [3.8, 4) is 11.3 Å². The molecule has 4 aromatic rings. The Bertz CT molecular complexity index is 1080. The van der Waals surface area contributed by atoms with E-state index in [1.54, 1.807) is 24.5 Å². The van der Waals surface area contributed by atoms with Crippen LogP contribution >= 0.6 is 0 Å². The molecular formula is C23H21N5O2. The fourth-order valence-corrected chi connectivity index (χ4v) is 3.00. The molecule has 3 aromatic heterocycles. The second-order valence-corrected chi connectivity index (χ2v) is 6.62. The van der Waals surface area contributed by atoms with Gasteiger partial charge in [0.15, 0.2) is 5.76 Å². The highest BCUT2D eigenvalue weighted by Crippen LogP contribution is 2.22. The molecule has 0 radical (unpaired) electrons. The van der Waals surface area contributed by atoms with Crippen LogP contribution in [0.4, 0.5) is 5.82 Å². The fraction of sp³-hybridized carbons (Fsp3) is 0.130. The van der Waals surface area contributed by atoms with Crippen molar-refractivity contribution in [3.63, 3.8) is 0 Å². The van der Waals surface area contributed by atoms with E-state index < -0.39 is 0 Å². The summed E-state index contributed by atoms with van der Waals surface area (Å²) in [4.78, 5) is 21.8. The molecule has 3 heterocycles. The first kappa shape index (κ1) is 19.3. The average Bonchev–Trinajstić information content (AvgIpc) is 3.32. The van der Waals surface area contributed by atoms with Crippen LogP contribution in [0, 0.1) is 0 Å². The fourth-order valence-electron chi connectivity index (χ4n) is 3.00. The first-order valence-corrected chi connectivity index (χ1v) is 9.67. The van der Waals surface area contributed by atoms with Crippen LogP contribution < -0.4 is 10.6 Å². The van der Waals surface area contributed by atoms with Crippen molar-refractivity contribution in [1.29, 1.82) is 0 Å². The Kier molecular flexibility index (Phi) is 6.10. The van der Waals surface area contributed by atoms with Gasteiger partial charge in [0.05, 0.1) is 24.0 Å². The zero-order valence-electron chi connectivity index (χ0n) is 16.3. The molecule has 0 saturated heterocycles. The molecule has 1 aromatic carbocycles. The van der Waals surface area contributed by atoms with Crippen LogP contribution in [-0.2, 0) is 13.0 Å². The van der Waals surface area contributed by atoms with E-state index in [0.717, 1.165) is 23.4 Å². The number of nitrogens with zero attached hydrogens (tertiary/aromatic N) is 3. The minimum atomic E-state index is -0.237. The summed E-state index contributed by atoms with van der Waals surface area (Å²) in [7, 11) is 0. The number of pyridine rings is 2. The summed E-state index contributed by atoms with van der Waals surface area (Å²) in [6.45, 7) is 0.858. The highest BCUT2D eigenvalue weighted by Gasteiger charge is 2.15. The molecule has 2 N–H and O–H groups in total. The first-order valence-electron chi connectivity index (χ1n) is 9.67. The van der Waals surface area contributed by atoms with Crippen molar-refractivity contribution < 1.29 is 9.32 Å². The molecule has 7 nitrogen and oxygen atoms in total. The smallest absolute Gasteiger partial charge is 0.255 e. The Morgan fingerprint density at radius 3 is 2.57 bits per heavy atom. The molecule has 1 amide bonds. The molecule has 4 rings (SSSR count). The topological polar surface area (TPSA) is 92.9 Å². The lowest BCUT2D eigenvalue weighted by Gasteiger charge is -2.13. The number of hydrogen-bond acceptors (Lipinski definition) is 6. The Morgan fingerprint density at radius 2 is 1.80 bits per heavy atom. The van der Waals surface area contributed by atoms with Crippen LogP contribution in [0.3, 0.4) is 0 Å². The number of hydrogen-bond donors (Lipinski definition) is 2. The van der Waals surface area contributed by atoms with Gasteiger partial charge in [-0.15, -0.1) is 0 Å². The van der Waals surface area contributed by atoms with Crippen molar-refractivity contribution in [2.75, 3.05) is 11.9 Å². The van der Waals surface area contributed by atoms with Crippen molar-refractivity contribution >= 4 is 11.7 Å². The van der Waals surface area contributed by atoms with Gasteiger partial charge in [0, 0.05) is 36.5 Å². The predicted octanol–water partition coefficient (Wildman–Crippen LogP) is 3.72. The van der Waals surface area contributed by atoms with Gasteiger partial charge in [0.1, 0.15) is 5.82 Å².